The standard InChI is InChI=1S/C21H26N6O/c1-16(2)6-9-25-10-7-20-24-18(15-26(20)12-11-25)21(28)23-14-17-13-22-19-5-3-4-8-27(17)19/h3-6,8,13,15H,7,9-12,14H2,1-2H3,(H,23,28). The minimum absolute atomic E-state index is 0.146. The third-order valence-corrected chi connectivity index (χ3v) is 5.08. The Hall–Kier alpha value is -2.93. The number of rotatable bonds is 5. The fraction of sp³-hybridized carbons (Fsp3) is 0.381. The zero-order chi connectivity index (χ0) is 19.5. The first-order valence-corrected chi connectivity index (χ1v) is 9.71. The highest BCUT2D eigenvalue weighted by Gasteiger charge is 2.18. The van der Waals surface area contributed by atoms with Gasteiger partial charge in [0.2, 0.25) is 0 Å². The Morgan fingerprint density at radius 1 is 1.25 bits per heavy atom. The molecular formula is C21H26N6O. The number of carbonyl (C=O) groups is 1. The van der Waals surface area contributed by atoms with Crippen molar-refractivity contribution in [3.63, 3.8) is 0 Å². The van der Waals surface area contributed by atoms with E-state index in [2.05, 4.69) is 44.7 Å². The van der Waals surface area contributed by atoms with Gasteiger partial charge in [-0.1, -0.05) is 17.7 Å². The fourth-order valence-electron chi connectivity index (χ4n) is 3.45. The van der Waals surface area contributed by atoms with E-state index in [0.29, 0.717) is 12.2 Å². The van der Waals surface area contributed by atoms with Crippen molar-refractivity contribution in [2.45, 2.75) is 33.4 Å². The molecule has 4 rings (SSSR count). The fourth-order valence-corrected chi connectivity index (χ4v) is 3.45. The predicted octanol–water partition coefficient (Wildman–Crippen LogP) is 2.29. The second kappa shape index (κ2) is 7.98. The van der Waals surface area contributed by atoms with Gasteiger partial charge in [0.1, 0.15) is 17.2 Å². The highest BCUT2D eigenvalue weighted by molar-refractivity contribution is 5.92. The van der Waals surface area contributed by atoms with Crippen LogP contribution in [0.25, 0.3) is 5.65 Å². The molecule has 0 saturated carbocycles. The van der Waals surface area contributed by atoms with Gasteiger partial charge in [0.15, 0.2) is 0 Å². The van der Waals surface area contributed by atoms with Crippen LogP contribution in [0.3, 0.4) is 0 Å². The average Bonchev–Trinajstić information content (AvgIpc) is 3.25. The summed E-state index contributed by atoms with van der Waals surface area (Å²) in [6, 6.07) is 5.84. The number of nitrogens with one attached hydrogen (secondary N) is 1. The maximum absolute atomic E-state index is 12.6. The summed E-state index contributed by atoms with van der Waals surface area (Å²) in [6.45, 7) is 8.43. The lowest BCUT2D eigenvalue weighted by Gasteiger charge is -2.17. The number of pyridine rings is 1. The smallest absolute Gasteiger partial charge is 0.271 e. The van der Waals surface area contributed by atoms with Gasteiger partial charge in [-0.05, 0) is 26.0 Å². The molecule has 7 nitrogen and oxygen atoms in total. The van der Waals surface area contributed by atoms with Gasteiger partial charge < -0.3 is 14.3 Å². The van der Waals surface area contributed by atoms with Crippen LogP contribution >= 0.6 is 0 Å². The lowest BCUT2D eigenvalue weighted by Crippen LogP contribution is -2.27. The first-order chi connectivity index (χ1) is 13.6. The SMILES string of the molecule is CC(C)=CCN1CCc2nc(C(=O)NCc3cnc4ccccn34)cn2CC1. The van der Waals surface area contributed by atoms with Gasteiger partial charge in [-0.2, -0.15) is 0 Å². The van der Waals surface area contributed by atoms with E-state index in [-0.39, 0.29) is 5.91 Å². The predicted molar refractivity (Wildman–Crippen MR) is 108 cm³/mol. The van der Waals surface area contributed by atoms with E-state index in [0.717, 1.165) is 49.8 Å². The van der Waals surface area contributed by atoms with E-state index in [4.69, 9.17) is 0 Å². The zero-order valence-electron chi connectivity index (χ0n) is 16.4. The number of hydrogen-bond donors (Lipinski definition) is 1. The van der Waals surface area contributed by atoms with Crippen LogP contribution in [0.1, 0.15) is 35.9 Å². The van der Waals surface area contributed by atoms with Crippen LogP contribution in [-0.2, 0) is 19.5 Å². The Balaban J connectivity index is 1.38. The lowest BCUT2D eigenvalue weighted by molar-refractivity contribution is 0.0945. The van der Waals surface area contributed by atoms with Crippen molar-refractivity contribution in [1.29, 1.82) is 0 Å². The molecule has 4 heterocycles. The van der Waals surface area contributed by atoms with Crippen LogP contribution in [-0.4, -0.2) is 49.4 Å². The summed E-state index contributed by atoms with van der Waals surface area (Å²) in [5, 5.41) is 2.97. The van der Waals surface area contributed by atoms with E-state index in [1.54, 1.807) is 6.20 Å². The number of amides is 1. The number of fused-ring (bicyclic) bond motifs is 2. The molecule has 0 aliphatic carbocycles. The van der Waals surface area contributed by atoms with E-state index in [1.807, 2.05) is 35.0 Å². The molecule has 0 spiro atoms. The molecule has 1 aliphatic rings. The van der Waals surface area contributed by atoms with Crippen LogP contribution in [0.15, 0.2) is 48.4 Å². The normalized spacial score (nSPS) is 14.5. The minimum atomic E-state index is -0.146. The van der Waals surface area contributed by atoms with E-state index < -0.39 is 0 Å². The highest BCUT2D eigenvalue weighted by Crippen LogP contribution is 2.11. The quantitative estimate of drug-likeness (QED) is 0.692. The molecule has 0 atom stereocenters. The molecule has 1 amide bonds. The molecule has 0 bridgehead atoms. The van der Waals surface area contributed by atoms with Gasteiger partial charge in [-0.3, -0.25) is 9.69 Å². The summed E-state index contributed by atoms with van der Waals surface area (Å²) >= 11 is 0. The molecule has 146 valence electrons. The number of nitrogens with zero attached hydrogens (tertiary/aromatic N) is 5. The largest absolute Gasteiger partial charge is 0.345 e. The van der Waals surface area contributed by atoms with Gasteiger partial charge in [0, 0.05) is 45.0 Å². The van der Waals surface area contributed by atoms with Crippen molar-refractivity contribution in [2.75, 3.05) is 19.6 Å². The molecule has 0 saturated heterocycles. The van der Waals surface area contributed by atoms with Gasteiger partial charge in [-0.25, -0.2) is 9.97 Å². The Labute approximate surface area is 164 Å². The number of imidazole rings is 2. The molecule has 7 heteroatoms. The molecule has 0 unspecified atom stereocenters. The number of allylic oxidation sites excluding steroid dienone is 1. The summed E-state index contributed by atoms with van der Waals surface area (Å²) in [5.41, 5.74) is 3.64. The molecule has 3 aromatic heterocycles. The number of carbonyl (C=O) groups excluding carboxylic acids is 1. The third kappa shape index (κ3) is 3.99. The Kier molecular flexibility index (Phi) is 5.25. The zero-order valence-corrected chi connectivity index (χ0v) is 16.4. The molecule has 28 heavy (non-hydrogen) atoms. The molecule has 0 fully saturated rings. The summed E-state index contributed by atoms with van der Waals surface area (Å²) in [6.07, 6.45) is 8.73. The van der Waals surface area contributed by atoms with E-state index >= 15 is 0 Å². The summed E-state index contributed by atoms with van der Waals surface area (Å²) in [5.74, 6) is 0.840. The van der Waals surface area contributed by atoms with Crippen LogP contribution in [0.5, 0.6) is 0 Å². The Morgan fingerprint density at radius 2 is 2.14 bits per heavy atom. The van der Waals surface area contributed by atoms with Crippen molar-refractivity contribution >= 4 is 11.6 Å². The van der Waals surface area contributed by atoms with Crippen LogP contribution in [0.2, 0.25) is 0 Å². The van der Waals surface area contributed by atoms with Crippen LogP contribution in [0.4, 0.5) is 0 Å². The Morgan fingerprint density at radius 3 is 3.00 bits per heavy atom. The first-order valence-electron chi connectivity index (χ1n) is 9.71. The number of hydrogen-bond acceptors (Lipinski definition) is 4. The van der Waals surface area contributed by atoms with Gasteiger partial charge in [0.05, 0.1) is 18.4 Å². The van der Waals surface area contributed by atoms with Gasteiger partial charge in [0.25, 0.3) is 5.91 Å². The second-order valence-electron chi connectivity index (χ2n) is 7.43. The molecule has 3 aromatic rings. The van der Waals surface area contributed by atoms with Crippen molar-refractivity contribution in [2.24, 2.45) is 0 Å². The van der Waals surface area contributed by atoms with Crippen molar-refractivity contribution in [1.82, 2.24) is 29.2 Å². The molecule has 1 N–H and O–H groups in total. The van der Waals surface area contributed by atoms with Gasteiger partial charge in [-0.15, -0.1) is 0 Å². The minimum Gasteiger partial charge on any atom is -0.345 e. The summed E-state index contributed by atoms with van der Waals surface area (Å²) in [4.78, 5) is 23.9. The maximum Gasteiger partial charge on any atom is 0.271 e. The van der Waals surface area contributed by atoms with Crippen molar-refractivity contribution < 1.29 is 4.79 Å². The number of aromatic nitrogens is 4. The summed E-state index contributed by atoms with van der Waals surface area (Å²) < 4.78 is 4.09. The monoisotopic (exact) mass is 378 g/mol. The molecule has 0 radical (unpaired) electrons. The maximum atomic E-state index is 12.6. The average molecular weight is 378 g/mol. The summed E-state index contributed by atoms with van der Waals surface area (Å²) in [7, 11) is 0. The van der Waals surface area contributed by atoms with Crippen LogP contribution < -0.4 is 5.32 Å². The van der Waals surface area contributed by atoms with E-state index in [1.165, 1.54) is 5.57 Å². The van der Waals surface area contributed by atoms with Crippen molar-refractivity contribution in [3.05, 3.63) is 65.7 Å². The molecule has 1 aliphatic heterocycles. The van der Waals surface area contributed by atoms with Crippen LogP contribution in [0, 0.1) is 0 Å². The second-order valence-corrected chi connectivity index (χ2v) is 7.43. The van der Waals surface area contributed by atoms with E-state index in [9.17, 15) is 4.79 Å². The third-order valence-electron chi connectivity index (χ3n) is 5.08. The van der Waals surface area contributed by atoms with Crippen molar-refractivity contribution in [3.8, 4) is 0 Å². The lowest BCUT2D eigenvalue weighted by atomic mass is 10.3. The van der Waals surface area contributed by atoms with Gasteiger partial charge >= 0.3 is 0 Å². The molecular weight excluding hydrogens is 352 g/mol. The highest BCUT2D eigenvalue weighted by atomic mass is 16.1. The Bertz CT molecular complexity index is 986. The topological polar surface area (TPSA) is 67.5 Å². The first kappa shape index (κ1) is 18.4. The molecule has 0 aromatic carbocycles.